The van der Waals surface area contributed by atoms with Gasteiger partial charge in [0.1, 0.15) is 11.4 Å². The number of benzene rings is 1. The minimum absolute atomic E-state index is 0.0874. The van der Waals surface area contributed by atoms with Crippen molar-refractivity contribution in [1.82, 2.24) is 24.6 Å². The maximum Gasteiger partial charge on any atom is 0.354 e. The lowest BCUT2D eigenvalue weighted by Crippen LogP contribution is -2.44. The highest BCUT2D eigenvalue weighted by atomic mass is 35.5. The maximum atomic E-state index is 11.2. The number of carboxylic acid groups (broad SMARTS) is 1. The summed E-state index contributed by atoms with van der Waals surface area (Å²) in [5.74, 6) is -0.669. The number of nitrogens with one attached hydrogen (secondary N) is 1. The number of rotatable bonds is 5. The minimum Gasteiger partial charge on any atom is -0.477 e. The molecule has 10 heteroatoms. The van der Waals surface area contributed by atoms with Gasteiger partial charge in [0.15, 0.2) is 0 Å². The first-order valence-corrected chi connectivity index (χ1v) is 9.89. The molecule has 0 radical (unpaired) electrons. The number of aryl methyl sites for hydroxylation is 1. The standard InChI is InChI=1S/C20H22ClN7O2/c1-26-7-9-28(10-8-26)17-4-3-13(11-14(17)21)23-20-22-6-5-15(24-20)16-12-18(19(29)30)27(2)25-16/h3-6,11-12H,7-10H2,1-2H3,(H,29,30)(H,22,23,24). The van der Waals surface area contributed by atoms with Crippen LogP contribution >= 0.6 is 11.6 Å². The minimum atomic E-state index is -1.04. The molecule has 1 aromatic carbocycles. The van der Waals surface area contributed by atoms with Crippen LogP contribution in [0, 0.1) is 0 Å². The molecule has 0 saturated carbocycles. The van der Waals surface area contributed by atoms with E-state index in [0.717, 1.165) is 37.6 Å². The first-order chi connectivity index (χ1) is 14.4. The number of hydrogen-bond acceptors (Lipinski definition) is 7. The Morgan fingerprint density at radius 2 is 1.87 bits per heavy atom. The fourth-order valence-corrected chi connectivity index (χ4v) is 3.67. The summed E-state index contributed by atoms with van der Waals surface area (Å²) in [4.78, 5) is 24.5. The second-order valence-electron chi connectivity index (χ2n) is 7.19. The molecule has 1 fully saturated rings. The van der Waals surface area contributed by atoms with Crippen LogP contribution in [0.5, 0.6) is 0 Å². The van der Waals surface area contributed by atoms with E-state index < -0.39 is 5.97 Å². The van der Waals surface area contributed by atoms with Crippen molar-refractivity contribution < 1.29 is 9.90 Å². The largest absolute Gasteiger partial charge is 0.477 e. The van der Waals surface area contributed by atoms with Gasteiger partial charge in [0, 0.05) is 51.2 Å². The summed E-state index contributed by atoms with van der Waals surface area (Å²) in [6.07, 6.45) is 1.60. The van der Waals surface area contributed by atoms with Gasteiger partial charge in [-0.15, -0.1) is 0 Å². The number of carboxylic acids is 1. The zero-order valence-corrected chi connectivity index (χ0v) is 17.5. The number of likely N-dealkylation sites (N-methyl/N-ethyl adjacent to an activating group) is 1. The van der Waals surface area contributed by atoms with E-state index >= 15 is 0 Å². The van der Waals surface area contributed by atoms with E-state index in [2.05, 4.69) is 37.2 Å². The summed E-state index contributed by atoms with van der Waals surface area (Å²) >= 11 is 6.54. The number of piperazine rings is 1. The van der Waals surface area contributed by atoms with Crippen molar-refractivity contribution in [1.29, 1.82) is 0 Å². The monoisotopic (exact) mass is 427 g/mol. The van der Waals surface area contributed by atoms with Crippen molar-refractivity contribution in [3.63, 3.8) is 0 Å². The molecule has 0 spiro atoms. The molecule has 9 nitrogen and oxygen atoms in total. The molecule has 3 aromatic rings. The second-order valence-corrected chi connectivity index (χ2v) is 7.60. The van der Waals surface area contributed by atoms with E-state index in [0.29, 0.717) is 22.4 Å². The van der Waals surface area contributed by atoms with Crippen LogP contribution in [0.2, 0.25) is 5.02 Å². The number of hydrogen-bond donors (Lipinski definition) is 2. The summed E-state index contributed by atoms with van der Waals surface area (Å²) < 4.78 is 1.31. The first-order valence-electron chi connectivity index (χ1n) is 9.51. The number of carbonyl (C=O) groups is 1. The van der Waals surface area contributed by atoms with Gasteiger partial charge in [-0.25, -0.2) is 14.8 Å². The number of aromatic carboxylic acids is 1. The number of aromatic nitrogens is 4. The van der Waals surface area contributed by atoms with E-state index in [1.54, 1.807) is 19.3 Å². The molecule has 156 valence electrons. The fourth-order valence-electron chi connectivity index (χ4n) is 3.37. The van der Waals surface area contributed by atoms with E-state index in [9.17, 15) is 9.90 Å². The lowest BCUT2D eigenvalue weighted by atomic mass is 10.2. The quantitative estimate of drug-likeness (QED) is 0.641. The average Bonchev–Trinajstić information content (AvgIpc) is 3.11. The highest BCUT2D eigenvalue weighted by molar-refractivity contribution is 6.33. The molecule has 0 unspecified atom stereocenters. The van der Waals surface area contributed by atoms with E-state index in [4.69, 9.17) is 11.6 Å². The number of nitrogens with zero attached hydrogens (tertiary/aromatic N) is 6. The predicted octanol–water partition coefficient (Wildman–Crippen LogP) is 2.72. The molecule has 2 N–H and O–H groups in total. The summed E-state index contributed by atoms with van der Waals surface area (Å²) in [5, 5.41) is 17.2. The number of anilines is 3. The van der Waals surface area contributed by atoms with Crippen molar-refractivity contribution in [3.05, 3.63) is 47.2 Å². The van der Waals surface area contributed by atoms with Gasteiger partial charge in [0.05, 0.1) is 16.4 Å². The van der Waals surface area contributed by atoms with Gasteiger partial charge in [0.2, 0.25) is 5.95 Å². The second kappa shape index (κ2) is 8.29. The van der Waals surface area contributed by atoms with E-state index in [1.807, 2.05) is 18.2 Å². The van der Waals surface area contributed by atoms with E-state index in [-0.39, 0.29) is 5.69 Å². The molecule has 3 heterocycles. The molecule has 1 aliphatic rings. The number of halogens is 1. The Bertz CT molecular complexity index is 1080. The van der Waals surface area contributed by atoms with Gasteiger partial charge in [-0.05, 0) is 31.3 Å². The molecule has 2 aromatic heterocycles. The van der Waals surface area contributed by atoms with Crippen molar-refractivity contribution in [2.75, 3.05) is 43.4 Å². The molecule has 4 rings (SSSR count). The Balaban J connectivity index is 1.52. The summed E-state index contributed by atoms with van der Waals surface area (Å²) in [6, 6.07) is 8.96. The van der Waals surface area contributed by atoms with Crippen molar-refractivity contribution in [2.24, 2.45) is 7.05 Å². The Kier molecular flexibility index (Phi) is 5.56. The van der Waals surface area contributed by atoms with Gasteiger partial charge in [-0.2, -0.15) is 5.10 Å². The van der Waals surface area contributed by atoms with Gasteiger partial charge in [-0.3, -0.25) is 4.68 Å². The normalized spacial score (nSPS) is 14.7. The fraction of sp³-hybridized carbons (Fsp3) is 0.300. The van der Waals surface area contributed by atoms with Crippen LogP contribution in [0.15, 0.2) is 36.5 Å². The van der Waals surface area contributed by atoms with Crippen LogP contribution in [-0.2, 0) is 7.05 Å². The SMILES string of the molecule is CN1CCN(c2ccc(Nc3nccc(-c4cc(C(=O)O)n(C)n4)n3)cc2Cl)CC1. The van der Waals surface area contributed by atoms with Crippen LogP contribution in [0.25, 0.3) is 11.4 Å². The summed E-state index contributed by atoms with van der Waals surface area (Å²) in [7, 11) is 3.70. The van der Waals surface area contributed by atoms with Crippen molar-refractivity contribution in [2.45, 2.75) is 0 Å². The third kappa shape index (κ3) is 4.22. The van der Waals surface area contributed by atoms with Gasteiger partial charge < -0.3 is 20.2 Å². The molecule has 1 aliphatic heterocycles. The lowest BCUT2D eigenvalue weighted by Gasteiger charge is -2.34. The Morgan fingerprint density at radius 1 is 1.10 bits per heavy atom. The molecule has 0 bridgehead atoms. The topological polar surface area (TPSA) is 99.4 Å². The molecule has 0 amide bonds. The molecular formula is C20H22ClN7O2. The zero-order valence-electron chi connectivity index (χ0n) is 16.7. The molecule has 1 saturated heterocycles. The van der Waals surface area contributed by atoms with Crippen LogP contribution in [0.3, 0.4) is 0 Å². The molecular weight excluding hydrogens is 406 g/mol. The maximum absolute atomic E-state index is 11.2. The molecule has 30 heavy (non-hydrogen) atoms. The Morgan fingerprint density at radius 3 is 2.53 bits per heavy atom. The van der Waals surface area contributed by atoms with Gasteiger partial charge in [-0.1, -0.05) is 11.6 Å². The highest BCUT2D eigenvalue weighted by Gasteiger charge is 2.17. The van der Waals surface area contributed by atoms with Crippen molar-refractivity contribution in [3.8, 4) is 11.4 Å². The third-order valence-corrected chi connectivity index (χ3v) is 5.37. The zero-order chi connectivity index (χ0) is 21.3. The van der Waals surface area contributed by atoms with Crippen LogP contribution in [0.4, 0.5) is 17.3 Å². The van der Waals surface area contributed by atoms with E-state index in [1.165, 1.54) is 10.7 Å². The van der Waals surface area contributed by atoms with Crippen LogP contribution in [-0.4, -0.2) is 69.0 Å². The summed E-state index contributed by atoms with van der Waals surface area (Å²) in [6.45, 7) is 3.90. The van der Waals surface area contributed by atoms with Gasteiger partial charge in [0.25, 0.3) is 0 Å². The summed E-state index contributed by atoms with van der Waals surface area (Å²) in [5.41, 5.74) is 2.85. The third-order valence-electron chi connectivity index (χ3n) is 5.06. The van der Waals surface area contributed by atoms with Crippen LogP contribution < -0.4 is 10.2 Å². The van der Waals surface area contributed by atoms with Gasteiger partial charge >= 0.3 is 5.97 Å². The first kappa shape index (κ1) is 20.1. The Hall–Kier alpha value is -3.17. The smallest absolute Gasteiger partial charge is 0.354 e. The molecule has 0 aliphatic carbocycles. The predicted molar refractivity (Wildman–Crippen MR) is 116 cm³/mol. The molecule has 0 atom stereocenters. The Labute approximate surface area is 178 Å². The average molecular weight is 428 g/mol. The lowest BCUT2D eigenvalue weighted by molar-refractivity contribution is 0.0685. The van der Waals surface area contributed by atoms with Crippen molar-refractivity contribution >= 4 is 34.9 Å². The highest BCUT2D eigenvalue weighted by Crippen LogP contribution is 2.30. The van der Waals surface area contributed by atoms with Crippen LogP contribution in [0.1, 0.15) is 10.5 Å².